The molecule has 8 heteroatoms. The average Bonchev–Trinajstić information content (AvgIpc) is 3.15. The van der Waals surface area contributed by atoms with Crippen LogP contribution < -0.4 is 4.90 Å². The van der Waals surface area contributed by atoms with E-state index >= 15 is 4.39 Å². The van der Waals surface area contributed by atoms with Crippen LogP contribution in [-0.4, -0.2) is 39.5 Å². The summed E-state index contributed by atoms with van der Waals surface area (Å²) in [5, 5.41) is 0. The van der Waals surface area contributed by atoms with Gasteiger partial charge in [0, 0.05) is 17.3 Å². The number of benzene rings is 3. The maximum absolute atomic E-state index is 15.2. The summed E-state index contributed by atoms with van der Waals surface area (Å²) in [4.78, 5) is 53.1. The zero-order chi connectivity index (χ0) is 28.9. The van der Waals surface area contributed by atoms with Gasteiger partial charge in [0.15, 0.2) is 0 Å². The predicted octanol–water partition coefficient (Wildman–Crippen LogP) is 5.52. The number of rotatable bonds is 4. The summed E-state index contributed by atoms with van der Waals surface area (Å²) < 4.78 is 15.2. The Morgan fingerprint density at radius 1 is 0.780 bits per heavy atom. The van der Waals surface area contributed by atoms with E-state index in [4.69, 9.17) is 4.99 Å². The highest BCUT2D eigenvalue weighted by atomic mass is 19.1. The lowest BCUT2D eigenvalue weighted by atomic mass is 9.87. The zero-order valence-corrected chi connectivity index (χ0v) is 22.8. The molecule has 6 rings (SSSR count). The Labute approximate surface area is 237 Å². The van der Waals surface area contributed by atoms with Gasteiger partial charge in [0.05, 0.1) is 34.8 Å². The first-order valence-corrected chi connectivity index (χ1v) is 13.3. The molecule has 0 saturated heterocycles. The van der Waals surface area contributed by atoms with Crippen molar-refractivity contribution >= 4 is 29.1 Å². The smallest absolute Gasteiger partial charge is 0.273 e. The number of aliphatic imine (C=N–C) groups is 1. The van der Waals surface area contributed by atoms with Crippen LogP contribution in [0.1, 0.15) is 63.9 Å². The van der Waals surface area contributed by atoms with Gasteiger partial charge in [0.1, 0.15) is 5.82 Å². The van der Waals surface area contributed by atoms with Gasteiger partial charge < -0.3 is 4.90 Å². The van der Waals surface area contributed by atoms with E-state index in [-0.39, 0.29) is 34.4 Å². The zero-order valence-electron chi connectivity index (χ0n) is 22.8. The number of carbonyl (C=O) groups is 3. The molecule has 0 saturated carbocycles. The highest BCUT2D eigenvalue weighted by Gasteiger charge is 2.46. The first-order valence-electron chi connectivity index (χ1n) is 13.3. The molecule has 0 N–H and O–H groups in total. The molecule has 1 atom stereocenters. The van der Waals surface area contributed by atoms with Gasteiger partial charge >= 0.3 is 0 Å². The van der Waals surface area contributed by atoms with E-state index in [0.29, 0.717) is 16.9 Å². The van der Waals surface area contributed by atoms with Crippen LogP contribution in [0.2, 0.25) is 0 Å². The molecule has 0 bridgehead atoms. The monoisotopic (exact) mass is 546 g/mol. The van der Waals surface area contributed by atoms with Crippen LogP contribution in [0, 0.1) is 5.82 Å². The normalized spacial score (nSPS) is 16.8. The molecule has 0 fully saturated rings. The van der Waals surface area contributed by atoms with Gasteiger partial charge in [-0.05, 0) is 53.4 Å². The molecule has 1 aromatic heterocycles. The first-order chi connectivity index (χ1) is 19.6. The van der Waals surface area contributed by atoms with Crippen molar-refractivity contribution in [3.8, 4) is 0 Å². The number of halogens is 1. The van der Waals surface area contributed by atoms with Crippen molar-refractivity contribution in [2.24, 2.45) is 4.99 Å². The SMILES string of the molecule is CC(C)(C)c1ccnc(CN2C(=O)[C@H](N3C(=O)c4ccccc4C3=O)N=C(c3ccccc3F)c3ccccc32)c1. The van der Waals surface area contributed by atoms with Gasteiger partial charge in [0.25, 0.3) is 17.7 Å². The fourth-order valence-corrected chi connectivity index (χ4v) is 5.24. The Hall–Kier alpha value is -4.98. The van der Waals surface area contributed by atoms with Gasteiger partial charge in [-0.3, -0.25) is 19.4 Å². The molecule has 7 nitrogen and oxygen atoms in total. The van der Waals surface area contributed by atoms with Crippen LogP contribution >= 0.6 is 0 Å². The van der Waals surface area contributed by atoms with Crippen molar-refractivity contribution in [3.05, 3.63) is 130 Å². The van der Waals surface area contributed by atoms with E-state index in [9.17, 15) is 14.4 Å². The van der Waals surface area contributed by atoms with Crippen LogP contribution in [0.5, 0.6) is 0 Å². The lowest BCUT2D eigenvalue weighted by Gasteiger charge is -2.28. The molecule has 0 radical (unpaired) electrons. The summed E-state index contributed by atoms with van der Waals surface area (Å²) in [6.07, 6.45) is 0.141. The van der Waals surface area contributed by atoms with Crippen LogP contribution in [0.4, 0.5) is 10.1 Å². The number of para-hydroxylation sites is 1. The minimum atomic E-state index is -1.56. The van der Waals surface area contributed by atoms with Crippen molar-refractivity contribution in [1.82, 2.24) is 9.88 Å². The molecule has 0 aliphatic carbocycles. The quantitative estimate of drug-likeness (QED) is 0.316. The summed E-state index contributed by atoms with van der Waals surface area (Å²) in [7, 11) is 0. The minimum absolute atomic E-state index is 0.0551. The molecule has 2 aliphatic rings. The third kappa shape index (κ3) is 4.51. The minimum Gasteiger partial charge on any atom is -0.302 e. The number of anilines is 1. The molecule has 2 aliphatic heterocycles. The topological polar surface area (TPSA) is 82.9 Å². The van der Waals surface area contributed by atoms with Gasteiger partial charge in [-0.25, -0.2) is 14.3 Å². The predicted molar refractivity (Wildman–Crippen MR) is 153 cm³/mol. The van der Waals surface area contributed by atoms with Gasteiger partial charge in [0.2, 0.25) is 6.17 Å². The Morgan fingerprint density at radius 3 is 2.00 bits per heavy atom. The summed E-state index contributed by atoms with van der Waals surface area (Å²) in [5.74, 6) is -2.39. The highest BCUT2D eigenvalue weighted by Crippen LogP contribution is 2.34. The molecule has 3 heterocycles. The summed E-state index contributed by atoms with van der Waals surface area (Å²) in [6.45, 7) is 6.32. The summed E-state index contributed by atoms with van der Waals surface area (Å²) in [6, 6.07) is 23.5. The Bertz CT molecular complexity index is 1720. The number of amides is 3. The number of aromatic nitrogens is 1. The first kappa shape index (κ1) is 26.3. The lowest BCUT2D eigenvalue weighted by molar-refractivity contribution is -0.122. The molecular weight excluding hydrogens is 519 g/mol. The molecule has 3 amide bonds. The number of imide groups is 1. The van der Waals surface area contributed by atoms with Crippen LogP contribution in [-0.2, 0) is 16.8 Å². The van der Waals surface area contributed by atoms with E-state index < -0.39 is 29.7 Å². The largest absolute Gasteiger partial charge is 0.302 e. The summed E-state index contributed by atoms with van der Waals surface area (Å²) >= 11 is 0. The standard InChI is InChI=1S/C33H27FN4O3/c1-33(2,3)20-16-17-35-21(18-20)19-37-27-15-9-7-13-25(27)28(24-12-6-8-14-26(24)34)36-29(32(37)41)38-30(39)22-10-4-5-11-23(22)31(38)40/h4-18,29H,19H2,1-3H3/t29-/m0/s1. The molecule has 204 valence electrons. The molecule has 3 aromatic carbocycles. The van der Waals surface area contributed by atoms with Gasteiger partial charge in [-0.1, -0.05) is 63.2 Å². The second kappa shape index (κ2) is 9.89. The number of fused-ring (bicyclic) bond motifs is 2. The average molecular weight is 547 g/mol. The molecular formula is C33H27FN4O3. The van der Waals surface area contributed by atoms with Crippen LogP contribution in [0.3, 0.4) is 0 Å². The Morgan fingerprint density at radius 2 is 1.37 bits per heavy atom. The Kier molecular flexibility index (Phi) is 6.33. The number of hydrogen-bond acceptors (Lipinski definition) is 5. The summed E-state index contributed by atoms with van der Waals surface area (Å²) in [5.41, 5.74) is 3.20. The molecule has 0 spiro atoms. The molecule has 41 heavy (non-hydrogen) atoms. The van der Waals surface area contributed by atoms with Crippen LogP contribution in [0.25, 0.3) is 0 Å². The maximum atomic E-state index is 15.2. The van der Waals surface area contributed by atoms with E-state index in [1.807, 2.05) is 12.1 Å². The highest BCUT2D eigenvalue weighted by molar-refractivity contribution is 6.25. The molecule has 4 aromatic rings. The lowest BCUT2D eigenvalue weighted by Crippen LogP contribution is -2.49. The van der Waals surface area contributed by atoms with Crippen molar-refractivity contribution < 1.29 is 18.8 Å². The third-order valence-electron chi connectivity index (χ3n) is 7.39. The van der Waals surface area contributed by atoms with E-state index in [0.717, 1.165) is 10.5 Å². The maximum Gasteiger partial charge on any atom is 0.273 e. The number of nitrogens with zero attached hydrogens (tertiary/aromatic N) is 4. The van der Waals surface area contributed by atoms with Crippen molar-refractivity contribution in [1.29, 1.82) is 0 Å². The fraction of sp³-hybridized carbons (Fsp3) is 0.182. The third-order valence-corrected chi connectivity index (χ3v) is 7.39. The molecule has 0 unspecified atom stereocenters. The van der Waals surface area contributed by atoms with Crippen LogP contribution in [0.15, 0.2) is 96.1 Å². The number of hydrogen-bond donors (Lipinski definition) is 0. The second-order valence-electron chi connectivity index (χ2n) is 11.1. The van der Waals surface area contributed by atoms with Crippen molar-refractivity contribution in [3.63, 3.8) is 0 Å². The van der Waals surface area contributed by atoms with E-state index in [1.165, 1.54) is 11.0 Å². The Balaban J connectivity index is 1.54. The number of benzodiazepines with no additional fused rings is 1. The van der Waals surface area contributed by atoms with Gasteiger partial charge in [-0.2, -0.15) is 0 Å². The van der Waals surface area contributed by atoms with E-state index in [1.54, 1.807) is 72.9 Å². The number of pyridine rings is 1. The fourth-order valence-electron chi connectivity index (χ4n) is 5.24. The van der Waals surface area contributed by atoms with E-state index in [2.05, 4.69) is 25.8 Å². The van der Waals surface area contributed by atoms with Crippen molar-refractivity contribution in [2.75, 3.05) is 4.90 Å². The van der Waals surface area contributed by atoms with Gasteiger partial charge in [-0.15, -0.1) is 0 Å². The second-order valence-corrected chi connectivity index (χ2v) is 11.1. The number of carbonyl (C=O) groups excluding carboxylic acids is 3. The van der Waals surface area contributed by atoms with Crippen molar-refractivity contribution in [2.45, 2.75) is 38.9 Å².